The van der Waals surface area contributed by atoms with Crippen molar-refractivity contribution in [2.24, 2.45) is 0 Å². The van der Waals surface area contributed by atoms with Crippen molar-refractivity contribution in [2.75, 3.05) is 32.0 Å². The van der Waals surface area contributed by atoms with Gasteiger partial charge in [-0.05, 0) is 43.5 Å². The third-order valence-corrected chi connectivity index (χ3v) is 8.17. The zero-order chi connectivity index (χ0) is 24.0. The number of thioether (sulfide) groups is 1. The molecule has 2 aliphatic rings. The summed E-state index contributed by atoms with van der Waals surface area (Å²) in [6, 6.07) is 4.27. The molecule has 0 saturated carbocycles. The predicted octanol–water partition coefficient (Wildman–Crippen LogP) is 4.54. The number of hydrogen-bond donors (Lipinski definition) is 3. The fourth-order valence-corrected chi connectivity index (χ4v) is 6.40. The van der Waals surface area contributed by atoms with Crippen LogP contribution in [0.2, 0.25) is 0 Å². The second-order valence-corrected chi connectivity index (χ2v) is 10.7. The molecule has 3 atom stereocenters. The van der Waals surface area contributed by atoms with Gasteiger partial charge in [0, 0.05) is 29.9 Å². The van der Waals surface area contributed by atoms with Gasteiger partial charge in [-0.2, -0.15) is 18.2 Å². The molecular formula is C20H20F4N6OS3. The molecular weight excluding hydrogens is 512 g/mol. The minimum atomic E-state index is -4.51. The summed E-state index contributed by atoms with van der Waals surface area (Å²) < 4.78 is 61.0. The van der Waals surface area contributed by atoms with Crippen molar-refractivity contribution >= 4 is 56.2 Å². The summed E-state index contributed by atoms with van der Waals surface area (Å²) in [5.41, 5.74) is -3.93. The van der Waals surface area contributed by atoms with Crippen molar-refractivity contribution in [3.05, 3.63) is 24.1 Å². The van der Waals surface area contributed by atoms with Crippen LogP contribution in [0.5, 0.6) is 0 Å². The van der Waals surface area contributed by atoms with E-state index in [0.717, 1.165) is 17.9 Å². The number of benzene rings is 1. The number of thiophene rings is 1. The summed E-state index contributed by atoms with van der Waals surface area (Å²) in [6.07, 6.45) is -0.495. The Morgan fingerprint density at radius 2 is 2.18 bits per heavy atom. The predicted molar refractivity (Wildman–Crippen MR) is 128 cm³/mol. The Bertz CT molecular complexity index is 1210. The number of likely N-dealkylation sites (tertiary alicyclic amines) is 1. The van der Waals surface area contributed by atoms with Gasteiger partial charge in [0.15, 0.2) is 5.11 Å². The molecule has 2 aromatic heterocycles. The summed E-state index contributed by atoms with van der Waals surface area (Å²) in [6.45, 7) is 1.47. The Balaban J connectivity index is 1.53. The highest BCUT2D eigenvalue weighted by Crippen LogP contribution is 2.50. The summed E-state index contributed by atoms with van der Waals surface area (Å²) in [5, 5.41) is 13.9. The minimum Gasteiger partial charge on any atom is -0.378 e. The third-order valence-electron chi connectivity index (χ3n) is 5.69. The first-order valence-corrected chi connectivity index (χ1v) is 12.5. The van der Waals surface area contributed by atoms with Crippen molar-refractivity contribution < 1.29 is 22.1 Å². The first-order chi connectivity index (χ1) is 16.2. The summed E-state index contributed by atoms with van der Waals surface area (Å²) >= 11 is 5.96. The van der Waals surface area contributed by atoms with E-state index in [4.69, 9.17) is 16.7 Å². The molecule has 0 radical (unpaired) electrons. The third kappa shape index (κ3) is 4.81. The monoisotopic (exact) mass is 532 g/mol. The van der Waals surface area contributed by atoms with Crippen molar-refractivity contribution in [1.29, 1.82) is 0 Å². The number of alkyl halides is 4. The Morgan fingerprint density at radius 1 is 1.35 bits per heavy atom. The largest absolute Gasteiger partial charge is 0.446 e. The van der Waals surface area contributed by atoms with Gasteiger partial charge in [-0.1, -0.05) is 17.3 Å². The average molecular weight is 533 g/mol. The number of nitrogens with zero attached hydrogens (tertiary/aromatic N) is 3. The van der Waals surface area contributed by atoms with E-state index >= 15 is 0 Å². The zero-order valence-electron chi connectivity index (χ0n) is 17.8. The number of piperidine rings is 1. The number of halogens is 4. The van der Waals surface area contributed by atoms with Gasteiger partial charge >= 0.3 is 5.51 Å². The molecule has 0 bridgehead atoms. The zero-order valence-corrected chi connectivity index (χ0v) is 20.2. The molecule has 5 rings (SSSR count). The maximum Gasteiger partial charge on any atom is 0.446 e. The topological polar surface area (TPSA) is 78.2 Å². The SMILES string of the molecule is CN1CC[C@@H](Nc2cccc3c(SC(F)(F)F)c(-c4noc([C@H]5CNC(=S)N5)n4)sc23)[C@@H](F)C1. The lowest BCUT2D eigenvalue weighted by Crippen LogP contribution is -2.46. The van der Waals surface area contributed by atoms with Gasteiger partial charge in [0.2, 0.25) is 5.82 Å². The van der Waals surface area contributed by atoms with Crippen molar-refractivity contribution in [2.45, 2.75) is 35.1 Å². The van der Waals surface area contributed by atoms with Crippen LogP contribution >= 0.6 is 35.3 Å². The van der Waals surface area contributed by atoms with Gasteiger partial charge in [-0.3, -0.25) is 0 Å². The van der Waals surface area contributed by atoms with Gasteiger partial charge < -0.3 is 25.4 Å². The van der Waals surface area contributed by atoms with Crippen LogP contribution in [0.3, 0.4) is 0 Å². The first kappa shape index (κ1) is 23.6. The fraction of sp³-hybridized carbons (Fsp3) is 0.450. The van der Waals surface area contributed by atoms with E-state index in [0.29, 0.717) is 40.4 Å². The molecule has 0 spiro atoms. The highest BCUT2D eigenvalue weighted by Gasteiger charge is 2.35. The second kappa shape index (κ2) is 9.13. The Kier molecular flexibility index (Phi) is 6.33. The van der Waals surface area contributed by atoms with Crippen LogP contribution in [0.4, 0.5) is 23.2 Å². The molecule has 7 nitrogen and oxygen atoms in total. The molecule has 4 heterocycles. The lowest BCUT2D eigenvalue weighted by atomic mass is 10.0. The van der Waals surface area contributed by atoms with E-state index in [1.54, 1.807) is 18.2 Å². The van der Waals surface area contributed by atoms with E-state index in [2.05, 4.69) is 26.1 Å². The van der Waals surface area contributed by atoms with E-state index in [-0.39, 0.29) is 39.3 Å². The molecule has 34 heavy (non-hydrogen) atoms. The molecule has 2 aliphatic heterocycles. The van der Waals surface area contributed by atoms with Crippen LogP contribution in [0.15, 0.2) is 27.6 Å². The van der Waals surface area contributed by atoms with Crippen molar-refractivity contribution in [1.82, 2.24) is 25.7 Å². The maximum atomic E-state index is 14.6. The molecule has 3 aromatic rings. The number of nitrogens with one attached hydrogen (secondary N) is 3. The quantitative estimate of drug-likeness (QED) is 0.249. The Labute approximate surface area is 205 Å². The van der Waals surface area contributed by atoms with Gasteiger partial charge in [-0.25, -0.2) is 4.39 Å². The minimum absolute atomic E-state index is 0.00305. The molecule has 2 fully saturated rings. The first-order valence-electron chi connectivity index (χ1n) is 10.5. The molecule has 0 amide bonds. The van der Waals surface area contributed by atoms with Crippen molar-refractivity contribution in [3.8, 4) is 10.7 Å². The number of thiocarbonyl (C=S) groups is 1. The maximum absolute atomic E-state index is 14.6. The van der Waals surface area contributed by atoms with Gasteiger partial charge in [0.05, 0.1) is 21.3 Å². The average Bonchev–Trinajstić information content (AvgIpc) is 3.48. The lowest BCUT2D eigenvalue weighted by molar-refractivity contribution is -0.0327. The molecule has 3 N–H and O–H groups in total. The Morgan fingerprint density at radius 3 is 2.88 bits per heavy atom. The van der Waals surface area contributed by atoms with E-state index < -0.39 is 17.7 Å². The van der Waals surface area contributed by atoms with E-state index in [1.165, 1.54) is 0 Å². The van der Waals surface area contributed by atoms with E-state index in [9.17, 15) is 17.6 Å². The molecule has 182 valence electrons. The Hall–Kier alpha value is -2.16. The molecule has 1 aromatic carbocycles. The number of hydrogen-bond acceptors (Lipinski definition) is 8. The van der Waals surface area contributed by atoms with Crippen LogP contribution < -0.4 is 16.0 Å². The standard InChI is InChI=1S/C20H20F4N6OS3/c1-30-6-5-11(10(21)8-30)26-12-4-2-3-9-14(12)33-16(15(9)34-20(22,23)24)17-28-18(31-29-17)13-7-25-19(32)27-13/h2-4,10-11,13,26H,5-8H2,1H3,(H2,25,27,32)/t10-,11+,13+/m0/s1. The normalized spacial score (nSPS) is 23.8. The number of fused-ring (bicyclic) bond motifs is 1. The summed E-state index contributed by atoms with van der Waals surface area (Å²) in [5.74, 6) is 0.295. The van der Waals surface area contributed by atoms with E-state index in [1.807, 2.05) is 11.9 Å². The fourth-order valence-electron chi connectivity index (χ4n) is 4.07. The van der Waals surface area contributed by atoms with Gasteiger partial charge in [0.1, 0.15) is 12.2 Å². The van der Waals surface area contributed by atoms with Crippen LogP contribution in [-0.4, -0.2) is 64.6 Å². The van der Waals surface area contributed by atoms with Gasteiger partial charge in [0.25, 0.3) is 5.89 Å². The second-order valence-electron chi connectivity index (χ2n) is 8.17. The molecule has 0 aliphatic carbocycles. The number of aromatic nitrogens is 2. The lowest BCUT2D eigenvalue weighted by Gasteiger charge is -2.33. The highest BCUT2D eigenvalue weighted by molar-refractivity contribution is 8.00. The number of anilines is 1. The van der Waals surface area contributed by atoms with Crippen LogP contribution in [-0.2, 0) is 0 Å². The van der Waals surface area contributed by atoms with Gasteiger partial charge in [-0.15, -0.1) is 11.3 Å². The molecule has 2 saturated heterocycles. The smallest absolute Gasteiger partial charge is 0.378 e. The van der Waals surface area contributed by atoms with Crippen LogP contribution in [0.25, 0.3) is 20.8 Å². The molecule has 0 unspecified atom stereocenters. The van der Waals surface area contributed by atoms with Crippen LogP contribution in [0, 0.1) is 0 Å². The molecule has 14 heteroatoms. The van der Waals surface area contributed by atoms with Crippen molar-refractivity contribution in [3.63, 3.8) is 0 Å². The highest BCUT2D eigenvalue weighted by atomic mass is 32.2. The van der Waals surface area contributed by atoms with Crippen LogP contribution in [0.1, 0.15) is 18.4 Å². The summed E-state index contributed by atoms with van der Waals surface area (Å²) in [7, 11) is 1.86. The number of rotatable bonds is 5. The summed E-state index contributed by atoms with van der Waals surface area (Å²) in [4.78, 5) is 6.51.